The maximum atomic E-state index is 12.9. The molecule has 36 heavy (non-hydrogen) atoms. The van der Waals surface area contributed by atoms with Crippen LogP contribution >= 0.6 is 39.0 Å². The fourth-order valence-corrected chi connectivity index (χ4v) is 6.88. The molecular weight excluding hydrogens is 556 g/mol. The summed E-state index contributed by atoms with van der Waals surface area (Å²) in [6.07, 6.45) is 5.89. The molecule has 0 aliphatic heterocycles. The van der Waals surface area contributed by atoms with Gasteiger partial charge in [-0.05, 0) is 84.3 Å². The van der Waals surface area contributed by atoms with Crippen molar-refractivity contribution in [3.05, 3.63) is 68.8 Å². The molecule has 0 saturated heterocycles. The van der Waals surface area contributed by atoms with Crippen LogP contribution in [-0.4, -0.2) is 40.7 Å². The monoisotopic (exact) mass is 582 g/mol. The summed E-state index contributed by atoms with van der Waals surface area (Å²) < 4.78 is 3.28. The lowest BCUT2D eigenvalue weighted by Crippen LogP contribution is -2.38. The van der Waals surface area contributed by atoms with Gasteiger partial charge >= 0.3 is 0 Å². The molecule has 5 rings (SSSR count). The normalized spacial score (nSPS) is 17.8. The van der Waals surface area contributed by atoms with Crippen molar-refractivity contribution in [2.45, 2.75) is 42.7 Å². The van der Waals surface area contributed by atoms with Crippen LogP contribution in [0.5, 0.6) is 0 Å². The number of amides is 2. The van der Waals surface area contributed by atoms with Crippen molar-refractivity contribution in [2.24, 2.45) is 0 Å². The number of halogens is 1. The van der Waals surface area contributed by atoms with Crippen LogP contribution in [-0.2, 0) is 0 Å². The zero-order valence-corrected chi connectivity index (χ0v) is 23.3. The van der Waals surface area contributed by atoms with E-state index in [2.05, 4.69) is 49.5 Å². The Bertz CT molecular complexity index is 1430. The van der Waals surface area contributed by atoms with E-state index in [1.54, 1.807) is 18.8 Å². The molecule has 0 radical (unpaired) electrons. The molecule has 2 N–H and O–H groups in total. The first-order chi connectivity index (χ1) is 17.5. The van der Waals surface area contributed by atoms with Gasteiger partial charge in [0.15, 0.2) is 0 Å². The van der Waals surface area contributed by atoms with Crippen molar-refractivity contribution < 1.29 is 9.59 Å². The lowest BCUT2D eigenvalue weighted by Gasteiger charge is -2.32. The third-order valence-corrected chi connectivity index (χ3v) is 9.09. The van der Waals surface area contributed by atoms with Gasteiger partial charge in [0.2, 0.25) is 0 Å². The summed E-state index contributed by atoms with van der Waals surface area (Å²) in [5.41, 5.74) is 3.48. The van der Waals surface area contributed by atoms with E-state index in [1.807, 2.05) is 42.5 Å². The van der Waals surface area contributed by atoms with Gasteiger partial charge in [0, 0.05) is 35.2 Å². The first kappa shape index (κ1) is 25.0. The van der Waals surface area contributed by atoms with Gasteiger partial charge in [0.05, 0.1) is 19.7 Å². The van der Waals surface area contributed by atoms with Crippen molar-refractivity contribution in [3.63, 3.8) is 0 Å². The number of nitrogens with zero attached hydrogens (tertiary/aromatic N) is 2. The number of benzene rings is 2. The third-order valence-electron chi connectivity index (χ3n) is 6.67. The molecule has 4 aromatic rings. The molecule has 1 saturated carbocycles. The highest BCUT2D eigenvalue weighted by atomic mass is 79.9. The molecule has 2 atom stereocenters. The minimum atomic E-state index is -0.127. The number of thiophene rings is 1. The van der Waals surface area contributed by atoms with E-state index in [0.717, 1.165) is 56.8 Å². The SMILES string of the molecule is CNC(=O)c1ccc2c(c1)nc(-c1ccccc1SC)n2[C@@H]1CCC[C@H](NC(=O)c2ccc(Br)s2)C1. The Morgan fingerprint density at radius 2 is 1.94 bits per heavy atom. The zero-order valence-electron chi connectivity index (χ0n) is 20.1. The first-order valence-electron chi connectivity index (χ1n) is 11.9. The number of hydrogen-bond donors (Lipinski definition) is 2. The summed E-state index contributed by atoms with van der Waals surface area (Å²) in [5.74, 6) is 0.761. The van der Waals surface area contributed by atoms with E-state index in [4.69, 9.17) is 4.98 Å². The number of imidazole rings is 1. The Morgan fingerprint density at radius 3 is 2.69 bits per heavy atom. The molecule has 186 valence electrons. The predicted octanol–water partition coefficient (Wildman–Crippen LogP) is 6.52. The Kier molecular flexibility index (Phi) is 7.50. The minimum absolute atomic E-state index is 0.0185. The molecule has 6 nitrogen and oxygen atoms in total. The zero-order chi connectivity index (χ0) is 25.2. The van der Waals surface area contributed by atoms with E-state index in [0.29, 0.717) is 10.4 Å². The second-order valence-corrected chi connectivity index (χ2v) is 12.2. The molecule has 2 amide bonds. The summed E-state index contributed by atoms with van der Waals surface area (Å²) in [7, 11) is 1.64. The molecule has 1 aliphatic carbocycles. The first-order valence-corrected chi connectivity index (χ1v) is 14.8. The van der Waals surface area contributed by atoms with Gasteiger partial charge in [-0.25, -0.2) is 4.98 Å². The number of aromatic nitrogens is 2. The summed E-state index contributed by atoms with van der Waals surface area (Å²) >= 11 is 6.59. The molecule has 0 unspecified atom stereocenters. The summed E-state index contributed by atoms with van der Waals surface area (Å²) in [6, 6.07) is 18.1. The number of carbonyl (C=O) groups is 2. The van der Waals surface area contributed by atoms with Crippen LogP contribution in [0.25, 0.3) is 22.4 Å². The van der Waals surface area contributed by atoms with Crippen LogP contribution in [0.15, 0.2) is 63.3 Å². The number of carbonyl (C=O) groups excluding carboxylic acids is 2. The van der Waals surface area contributed by atoms with Crippen molar-refractivity contribution in [1.29, 1.82) is 0 Å². The van der Waals surface area contributed by atoms with E-state index in [1.165, 1.54) is 11.3 Å². The van der Waals surface area contributed by atoms with E-state index >= 15 is 0 Å². The van der Waals surface area contributed by atoms with Gasteiger partial charge in [-0.15, -0.1) is 23.1 Å². The lowest BCUT2D eigenvalue weighted by atomic mass is 9.90. The van der Waals surface area contributed by atoms with Gasteiger partial charge in [-0.3, -0.25) is 9.59 Å². The molecule has 0 spiro atoms. The number of rotatable bonds is 6. The quantitative estimate of drug-likeness (QED) is 0.254. The molecule has 9 heteroatoms. The summed E-state index contributed by atoms with van der Waals surface area (Å²) in [6.45, 7) is 0. The van der Waals surface area contributed by atoms with Gasteiger partial charge < -0.3 is 15.2 Å². The topological polar surface area (TPSA) is 76.0 Å². The Hall–Kier alpha value is -2.62. The Labute approximate surface area is 227 Å². The van der Waals surface area contributed by atoms with Crippen LogP contribution in [0.4, 0.5) is 0 Å². The lowest BCUT2D eigenvalue weighted by molar-refractivity contribution is 0.0923. The van der Waals surface area contributed by atoms with Crippen LogP contribution < -0.4 is 10.6 Å². The van der Waals surface area contributed by atoms with Crippen LogP contribution in [0.3, 0.4) is 0 Å². The Balaban J connectivity index is 1.53. The highest BCUT2D eigenvalue weighted by molar-refractivity contribution is 9.11. The highest BCUT2D eigenvalue weighted by Crippen LogP contribution is 2.39. The maximum absolute atomic E-state index is 12.9. The van der Waals surface area contributed by atoms with Gasteiger partial charge in [0.1, 0.15) is 5.82 Å². The Morgan fingerprint density at radius 1 is 1.11 bits per heavy atom. The van der Waals surface area contributed by atoms with Crippen molar-refractivity contribution in [3.8, 4) is 11.4 Å². The minimum Gasteiger partial charge on any atom is -0.355 e. The highest BCUT2D eigenvalue weighted by Gasteiger charge is 2.29. The fourth-order valence-electron chi connectivity index (χ4n) is 5.00. The average molecular weight is 584 g/mol. The van der Waals surface area contributed by atoms with Gasteiger partial charge in [-0.2, -0.15) is 0 Å². The largest absolute Gasteiger partial charge is 0.355 e. The van der Waals surface area contributed by atoms with Crippen LogP contribution in [0, 0.1) is 0 Å². The standard InChI is InChI=1S/C27H27BrN4O2S2/c1-29-26(33)16-10-11-21-20(14-16)31-25(19-8-3-4-9-22(19)35-2)32(21)18-7-5-6-17(15-18)30-27(34)23-12-13-24(28)36-23/h3-4,8-14,17-18H,5-7,15H2,1-2H3,(H,29,33)(H,30,34)/t17-,18+/m0/s1. The molecule has 2 heterocycles. The van der Waals surface area contributed by atoms with E-state index < -0.39 is 0 Å². The molecular formula is C27H27BrN4O2S2. The summed E-state index contributed by atoms with van der Waals surface area (Å²) in [5, 5.41) is 5.96. The molecule has 2 aromatic heterocycles. The predicted molar refractivity (Wildman–Crippen MR) is 151 cm³/mol. The van der Waals surface area contributed by atoms with Gasteiger partial charge in [-0.1, -0.05) is 18.2 Å². The third kappa shape index (κ3) is 4.96. The molecule has 1 fully saturated rings. The second-order valence-electron chi connectivity index (χ2n) is 8.88. The fraction of sp³-hybridized carbons (Fsp3) is 0.296. The average Bonchev–Trinajstić information content (AvgIpc) is 3.51. The smallest absolute Gasteiger partial charge is 0.261 e. The van der Waals surface area contributed by atoms with Crippen molar-refractivity contribution in [2.75, 3.05) is 13.3 Å². The van der Waals surface area contributed by atoms with Crippen LogP contribution in [0.2, 0.25) is 0 Å². The number of fused-ring (bicyclic) bond motifs is 1. The molecule has 2 aromatic carbocycles. The number of nitrogens with one attached hydrogen (secondary N) is 2. The number of thioether (sulfide) groups is 1. The molecule has 1 aliphatic rings. The number of hydrogen-bond acceptors (Lipinski definition) is 5. The van der Waals surface area contributed by atoms with Crippen LogP contribution in [0.1, 0.15) is 51.8 Å². The second kappa shape index (κ2) is 10.8. The van der Waals surface area contributed by atoms with Gasteiger partial charge in [0.25, 0.3) is 11.8 Å². The molecule has 0 bridgehead atoms. The van der Waals surface area contributed by atoms with E-state index in [-0.39, 0.29) is 23.9 Å². The van der Waals surface area contributed by atoms with Crippen molar-refractivity contribution >= 4 is 61.9 Å². The maximum Gasteiger partial charge on any atom is 0.261 e. The van der Waals surface area contributed by atoms with Crippen molar-refractivity contribution in [1.82, 2.24) is 20.2 Å². The summed E-state index contributed by atoms with van der Waals surface area (Å²) in [4.78, 5) is 32.1. The van der Waals surface area contributed by atoms with E-state index in [9.17, 15) is 9.59 Å².